The molecule has 0 aliphatic heterocycles. The van der Waals surface area contributed by atoms with Crippen molar-refractivity contribution in [1.82, 2.24) is 0 Å². The monoisotopic (exact) mass is 203 g/mol. The lowest BCUT2D eigenvalue weighted by atomic mass is 10.1. The molecule has 1 aromatic carbocycles. The molecule has 0 aliphatic carbocycles. The Balaban J connectivity index is 2.71. The van der Waals surface area contributed by atoms with Crippen molar-refractivity contribution in [3.05, 3.63) is 45.6 Å². The molecule has 0 saturated heterocycles. The minimum Gasteiger partial charge on any atom is -0.207 e. The van der Waals surface area contributed by atoms with Crippen LogP contribution in [0.1, 0.15) is 17.5 Å². The van der Waals surface area contributed by atoms with Crippen LogP contribution in [0.2, 0.25) is 0 Å². The van der Waals surface area contributed by atoms with Crippen molar-refractivity contribution in [2.75, 3.05) is 6.54 Å². The highest BCUT2D eigenvalue weighted by molar-refractivity contribution is 5.41. The second-order valence-electron chi connectivity index (χ2n) is 2.92. The first-order valence-electron chi connectivity index (χ1n) is 4.50. The molecule has 0 radical (unpaired) electrons. The number of rotatable bonds is 2. The second-order valence-corrected chi connectivity index (χ2v) is 2.92. The minimum atomic E-state index is -0.253. The molecular weight excluding hydrogens is 193 g/mol. The molecule has 0 saturated carbocycles. The Bertz CT molecular complexity index is 451. The Kier molecular flexibility index (Phi) is 4.21. The molecule has 76 valence electrons. The molecule has 1 rings (SSSR count). The van der Waals surface area contributed by atoms with Crippen LogP contribution in [0.25, 0.3) is 10.4 Å². The maximum absolute atomic E-state index is 13.1. The molecule has 0 fully saturated rings. The smallest absolute Gasteiger partial charge is 0.127 e. The normalized spacial score (nSPS) is 8.67. The summed E-state index contributed by atoms with van der Waals surface area (Å²) < 4.78 is 13.1. The molecule has 15 heavy (non-hydrogen) atoms. The zero-order chi connectivity index (χ0) is 11.1. The van der Waals surface area contributed by atoms with Crippen molar-refractivity contribution >= 4 is 0 Å². The standard InChI is InChI=1S/C11H10FN3/c1-9-10(6-4-7-11(9)12)5-2-3-8-14-15-13/h4,6-7H,3,8H2,1H3. The lowest BCUT2D eigenvalue weighted by molar-refractivity contribution is 0.618. The van der Waals surface area contributed by atoms with E-state index >= 15 is 0 Å². The third-order valence-corrected chi connectivity index (χ3v) is 1.89. The van der Waals surface area contributed by atoms with E-state index in [0.717, 1.165) is 0 Å². The molecule has 0 heterocycles. The molecule has 0 aromatic heterocycles. The number of benzene rings is 1. The van der Waals surface area contributed by atoms with Crippen molar-refractivity contribution < 1.29 is 4.39 Å². The Hall–Kier alpha value is -1.98. The van der Waals surface area contributed by atoms with Gasteiger partial charge < -0.3 is 0 Å². The van der Waals surface area contributed by atoms with Gasteiger partial charge in [0, 0.05) is 29.0 Å². The highest BCUT2D eigenvalue weighted by atomic mass is 19.1. The lowest BCUT2D eigenvalue weighted by Gasteiger charge is -1.97. The Morgan fingerprint density at radius 1 is 1.53 bits per heavy atom. The highest BCUT2D eigenvalue weighted by Crippen LogP contribution is 2.10. The summed E-state index contributed by atoms with van der Waals surface area (Å²) in [6.45, 7) is 2.03. The highest BCUT2D eigenvalue weighted by Gasteiger charge is 1.98. The van der Waals surface area contributed by atoms with Gasteiger partial charge in [-0.2, -0.15) is 0 Å². The molecule has 0 unspecified atom stereocenters. The van der Waals surface area contributed by atoms with Gasteiger partial charge in [-0.15, -0.1) is 0 Å². The first-order valence-corrected chi connectivity index (χ1v) is 4.50. The van der Waals surface area contributed by atoms with E-state index in [1.165, 1.54) is 6.07 Å². The van der Waals surface area contributed by atoms with E-state index < -0.39 is 0 Å². The van der Waals surface area contributed by atoms with Gasteiger partial charge >= 0.3 is 0 Å². The van der Waals surface area contributed by atoms with E-state index in [1.54, 1.807) is 19.1 Å². The number of azide groups is 1. The molecule has 0 aliphatic rings. The van der Waals surface area contributed by atoms with Crippen molar-refractivity contribution in [2.45, 2.75) is 13.3 Å². The maximum atomic E-state index is 13.1. The fraction of sp³-hybridized carbons (Fsp3) is 0.273. The van der Waals surface area contributed by atoms with E-state index in [1.807, 2.05) is 0 Å². The summed E-state index contributed by atoms with van der Waals surface area (Å²) in [5, 5.41) is 3.35. The lowest BCUT2D eigenvalue weighted by Crippen LogP contribution is -1.86. The Morgan fingerprint density at radius 3 is 3.07 bits per heavy atom. The van der Waals surface area contributed by atoms with Crippen LogP contribution in [0.15, 0.2) is 23.3 Å². The first kappa shape index (κ1) is 11.1. The van der Waals surface area contributed by atoms with E-state index in [4.69, 9.17) is 5.53 Å². The van der Waals surface area contributed by atoms with Gasteiger partial charge in [-0.25, -0.2) is 4.39 Å². The third kappa shape index (κ3) is 3.34. The van der Waals surface area contributed by atoms with Crippen molar-refractivity contribution in [2.24, 2.45) is 5.11 Å². The molecule has 4 heteroatoms. The third-order valence-electron chi connectivity index (χ3n) is 1.89. The number of hydrogen-bond acceptors (Lipinski definition) is 1. The van der Waals surface area contributed by atoms with Crippen LogP contribution < -0.4 is 0 Å². The van der Waals surface area contributed by atoms with Gasteiger partial charge in [-0.3, -0.25) is 0 Å². The summed E-state index contributed by atoms with van der Waals surface area (Å²) in [5.74, 6) is 5.41. The van der Waals surface area contributed by atoms with Crippen LogP contribution in [-0.2, 0) is 0 Å². The summed E-state index contributed by atoms with van der Waals surface area (Å²) in [6, 6.07) is 4.79. The van der Waals surface area contributed by atoms with Crippen molar-refractivity contribution in [3.8, 4) is 11.8 Å². The summed E-state index contributed by atoms with van der Waals surface area (Å²) in [4.78, 5) is 2.61. The molecule has 0 N–H and O–H groups in total. The van der Waals surface area contributed by atoms with Gasteiger partial charge in [-0.1, -0.05) is 23.0 Å². The van der Waals surface area contributed by atoms with Gasteiger partial charge in [0.25, 0.3) is 0 Å². The van der Waals surface area contributed by atoms with Crippen molar-refractivity contribution in [3.63, 3.8) is 0 Å². The SMILES string of the molecule is Cc1c(F)cccc1C#CCCN=[N+]=[N-]. The number of nitrogens with zero attached hydrogens (tertiary/aromatic N) is 3. The molecule has 3 nitrogen and oxygen atoms in total. The van der Waals surface area contributed by atoms with E-state index in [9.17, 15) is 4.39 Å². The Morgan fingerprint density at radius 2 is 2.33 bits per heavy atom. The fourth-order valence-electron chi connectivity index (χ4n) is 1.05. The predicted molar refractivity (Wildman–Crippen MR) is 56.6 cm³/mol. The van der Waals surface area contributed by atoms with Crippen LogP contribution in [0.4, 0.5) is 4.39 Å². The summed E-state index contributed by atoms with van der Waals surface area (Å²) in [6.07, 6.45) is 0.486. The Labute approximate surface area is 87.6 Å². The van der Waals surface area contributed by atoms with Gasteiger partial charge in [-0.05, 0) is 24.6 Å². The zero-order valence-corrected chi connectivity index (χ0v) is 8.37. The number of hydrogen-bond donors (Lipinski definition) is 0. The number of halogens is 1. The second kappa shape index (κ2) is 5.69. The minimum absolute atomic E-state index is 0.253. The van der Waals surface area contributed by atoms with Crippen molar-refractivity contribution in [1.29, 1.82) is 0 Å². The zero-order valence-electron chi connectivity index (χ0n) is 8.37. The predicted octanol–water partition coefficient (Wildman–Crippen LogP) is 3.19. The van der Waals surface area contributed by atoms with Gasteiger partial charge in [0.05, 0.1) is 0 Å². The first-order chi connectivity index (χ1) is 7.25. The summed E-state index contributed by atoms with van der Waals surface area (Å²) in [5.41, 5.74) is 9.25. The maximum Gasteiger partial charge on any atom is 0.127 e. The van der Waals surface area contributed by atoms with Crippen LogP contribution >= 0.6 is 0 Å². The fourth-order valence-corrected chi connectivity index (χ4v) is 1.05. The van der Waals surface area contributed by atoms with Crippen LogP contribution in [0.5, 0.6) is 0 Å². The summed E-state index contributed by atoms with van der Waals surface area (Å²) in [7, 11) is 0. The van der Waals surface area contributed by atoms with Crippen LogP contribution in [0, 0.1) is 24.6 Å². The van der Waals surface area contributed by atoms with Gasteiger partial charge in [0.2, 0.25) is 0 Å². The average molecular weight is 203 g/mol. The molecule has 1 aromatic rings. The van der Waals surface area contributed by atoms with Crippen LogP contribution in [-0.4, -0.2) is 6.54 Å². The molecule has 0 amide bonds. The van der Waals surface area contributed by atoms with E-state index in [-0.39, 0.29) is 5.82 Å². The largest absolute Gasteiger partial charge is 0.207 e. The molecular formula is C11H10FN3. The quantitative estimate of drug-likeness (QED) is 0.233. The molecule has 0 atom stereocenters. The van der Waals surface area contributed by atoms with Gasteiger partial charge in [0.15, 0.2) is 0 Å². The van der Waals surface area contributed by atoms with Gasteiger partial charge in [0.1, 0.15) is 5.82 Å². The molecule has 0 bridgehead atoms. The van der Waals surface area contributed by atoms with E-state index in [2.05, 4.69) is 21.9 Å². The molecule has 0 spiro atoms. The summed E-state index contributed by atoms with van der Waals surface area (Å²) >= 11 is 0. The van der Waals surface area contributed by atoms with Crippen LogP contribution in [0.3, 0.4) is 0 Å². The average Bonchev–Trinajstić information content (AvgIpc) is 2.24. The topological polar surface area (TPSA) is 48.8 Å². The van der Waals surface area contributed by atoms with E-state index in [0.29, 0.717) is 24.1 Å².